The Balaban J connectivity index is 1.38. The molecule has 2 aliphatic heterocycles. The molecule has 9 nitrogen and oxygen atoms in total. The normalized spacial score (nSPS) is 18.6. The number of benzene rings is 2. The molecule has 0 spiro atoms. The molecule has 2 aromatic rings. The predicted molar refractivity (Wildman–Crippen MR) is 127 cm³/mol. The van der Waals surface area contributed by atoms with E-state index in [1.54, 1.807) is 31.9 Å². The molecule has 0 unspecified atom stereocenters. The maximum atomic E-state index is 13.3. The van der Waals surface area contributed by atoms with Crippen molar-refractivity contribution in [1.29, 1.82) is 0 Å². The fraction of sp³-hybridized carbons (Fsp3) is 0.417. The summed E-state index contributed by atoms with van der Waals surface area (Å²) in [7, 11) is -2.17. The molecule has 182 valence electrons. The fourth-order valence-electron chi connectivity index (χ4n) is 4.14. The Kier molecular flexibility index (Phi) is 6.81. The van der Waals surface area contributed by atoms with Crippen molar-refractivity contribution < 1.29 is 27.5 Å². The molecule has 1 atom stereocenters. The summed E-state index contributed by atoms with van der Waals surface area (Å²) in [4.78, 5) is 26.4. The number of piperazine rings is 1. The van der Waals surface area contributed by atoms with Crippen LogP contribution in [0, 0.1) is 6.92 Å². The number of hydrogen-bond donors (Lipinski definition) is 1. The van der Waals surface area contributed by atoms with E-state index in [1.807, 2.05) is 24.3 Å². The molecule has 2 aliphatic rings. The van der Waals surface area contributed by atoms with Crippen LogP contribution in [0.1, 0.15) is 24.5 Å². The quantitative estimate of drug-likeness (QED) is 0.670. The number of ether oxygens (including phenoxy) is 2. The number of methoxy groups -OCH3 is 1. The first kappa shape index (κ1) is 24.0. The molecule has 0 aromatic heterocycles. The minimum Gasteiger partial charge on any atom is -0.497 e. The Labute approximate surface area is 199 Å². The van der Waals surface area contributed by atoms with Crippen molar-refractivity contribution in [3.63, 3.8) is 0 Å². The standard InChI is InChI=1S/C24H29N3O6S/c1-16-14-20-21(33-17(2)24(29)25-20)15-22(16)34(30,31)27-12-10-26(11-13-27)23(28)9-6-18-4-7-19(32-3)8-5-18/h4-5,7-8,14-15,17H,6,9-13H2,1-3H3,(H,25,29)/t17-/m1/s1. The molecule has 2 amide bonds. The SMILES string of the molecule is COc1ccc(CCC(=O)N2CCN(S(=O)(=O)c3cc4c(cc3C)NC(=O)[C@@H](C)O4)CC2)cc1. The summed E-state index contributed by atoms with van der Waals surface area (Å²) in [5.41, 5.74) is 2.04. The number of nitrogens with one attached hydrogen (secondary N) is 1. The number of hydrogen-bond acceptors (Lipinski definition) is 6. The van der Waals surface area contributed by atoms with Gasteiger partial charge in [-0.25, -0.2) is 8.42 Å². The first-order chi connectivity index (χ1) is 16.2. The zero-order chi connectivity index (χ0) is 24.5. The van der Waals surface area contributed by atoms with Gasteiger partial charge in [0.1, 0.15) is 11.5 Å². The molecular weight excluding hydrogens is 458 g/mol. The van der Waals surface area contributed by atoms with Crippen LogP contribution >= 0.6 is 0 Å². The van der Waals surface area contributed by atoms with Crippen LogP contribution in [-0.2, 0) is 26.0 Å². The average Bonchev–Trinajstić information content (AvgIpc) is 2.83. The number of rotatable bonds is 6. The van der Waals surface area contributed by atoms with Gasteiger partial charge in [-0.15, -0.1) is 0 Å². The van der Waals surface area contributed by atoms with E-state index in [2.05, 4.69) is 5.32 Å². The van der Waals surface area contributed by atoms with Crippen LogP contribution in [0.25, 0.3) is 0 Å². The van der Waals surface area contributed by atoms with Crippen LogP contribution in [0.4, 0.5) is 5.69 Å². The predicted octanol–water partition coefficient (Wildman–Crippen LogP) is 2.19. The highest BCUT2D eigenvalue weighted by Gasteiger charge is 2.33. The first-order valence-corrected chi connectivity index (χ1v) is 12.7. The van der Waals surface area contributed by atoms with E-state index in [4.69, 9.17) is 9.47 Å². The average molecular weight is 488 g/mol. The van der Waals surface area contributed by atoms with E-state index < -0.39 is 16.1 Å². The van der Waals surface area contributed by atoms with Gasteiger partial charge in [0.15, 0.2) is 6.10 Å². The fourth-order valence-corrected chi connectivity index (χ4v) is 5.78. The summed E-state index contributed by atoms with van der Waals surface area (Å²) in [6.07, 6.45) is 0.285. The molecule has 0 radical (unpaired) electrons. The van der Waals surface area contributed by atoms with Crippen LogP contribution in [0.3, 0.4) is 0 Å². The summed E-state index contributed by atoms with van der Waals surface area (Å²) >= 11 is 0. The molecule has 1 fully saturated rings. The second-order valence-electron chi connectivity index (χ2n) is 8.50. The second-order valence-corrected chi connectivity index (χ2v) is 10.4. The molecule has 34 heavy (non-hydrogen) atoms. The van der Waals surface area contributed by atoms with E-state index >= 15 is 0 Å². The van der Waals surface area contributed by atoms with E-state index in [0.29, 0.717) is 42.9 Å². The highest BCUT2D eigenvalue weighted by molar-refractivity contribution is 7.89. The molecular formula is C24H29N3O6S. The third-order valence-electron chi connectivity index (χ3n) is 6.20. The Morgan fingerprint density at radius 2 is 1.82 bits per heavy atom. The highest BCUT2D eigenvalue weighted by atomic mass is 32.2. The van der Waals surface area contributed by atoms with E-state index in [-0.39, 0.29) is 29.8 Å². The van der Waals surface area contributed by atoms with Crippen molar-refractivity contribution in [2.45, 2.75) is 37.7 Å². The Morgan fingerprint density at radius 1 is 1.15 bits per heavy atom. The van der Waals surface area contributed by atoms with E-state index in [0.717, 1.165) is 11.3 Å². The third-order valence-corrected chi connectivity index (χ3v) is 8.24. The number of aryl methyl sites for hydroxylation is 2. The number of carbonyl (C=O) groups excluding carboxylic acids is 2. The third kappa shape index (κ3) is 4.88. The summed E-state index contributed by atoms with van der Waals surface area (Å²) in [6, 6.07) is 10.7. The maximum Gasteiger partial charge on any atom is 0.265 e. The lowest BCUT2D eigenvalue weighted by molar-refractivity contribution is -0.132. The monoisotopic (exact) mass is 487 g/mol. The van der Waals surface area contributed by atoms with Crippen LogP contribution in [-0.4, -0.2) is 68.8 Å². The van der Waals surface area contributed by atoms with Crippen LogP contribution in [0.5, 0.6) is 11.5 Å². The highest BCUT2D eigenvalue weighted by Crippen LogP contribution is 2.35. The van der Waals surface area contributed by atoms with Gasteiger partial charge in [-0.2, -0.15) is 4.31 Å². The molecule has 10 heteroatoms. The molecule has 0 aliphatic carbocycles. The molecule has 1 N–H and O–H groups in total. The van der Waals surface area contributed by atoms with Gasteiger partial charge in [0, 0.05) is 38.7 Å². The van der Waals surface area contributed by atoms with Crippen molar-refractivity contribution in [2.24, 2.45) is 0 Å². The second kappa shape index (κ2) is 9.63. The Morgan fingerprint density at radius 3 is 2.47 bits per heavy atom. The Bertz CT molecular complexity index is 1190. The number of anilines is 1. The van der Waals surface area contributed by atoms with Crippen molar-refractivity contribution >= 4 is 27.5 Å². The van der Waals surface area contributed by atoms with Gasteiger partial charge in [0.2, 0.25) is 15.9 Å². The lowest BCUT2D eigenvalue weighted by Gasteiger charge is -2.34. The first-order valence-electron chi connectivity index (χ1n) is 11.2. The molecule has 1 saturated heterocycles. The number of sulfonamides is 1. The summed E-state index contributed by atoms with van der Waals surface area (Å²) in [6.45, 7) is 4.43. The van der Waals surface area contributed by atoms with Crippen LogP contribution < -0.4 is 14.8 Å². The van der Waals surface area contributed by atoms with Crippen molar-refractivity contribution in [2.75, 3.05) is 38.6 Å². The molecule has 2 heterocycles. The number of amides is 2. The lowest BCUT2D eigenvalue weighted by atomic mass is 10.1. The van der Waals surface area contributed by atoms with Crippen LogP contribution in [0.2, 0.25) is 0 Å². The van der Waals surface area contributed by atoms with Crippen LogP contribution in [0.15, 0.2) is 41.3 Å². The molecule has 2 aromatic carbocycles. The van der Waals surface area contributed by atoms with Gasteiger partial charge >= 0.3 is 0 Å². The lowest BCUT2D eigenvalue weighted by Crippen LogP contribution is -2.50. The number of nitrogens with zero attached hydrogens (tertiary/aromatic N) is 2. The van der Waals surface area contributed by atoms with Gasteiger partial charge in [-0.3, -0.25) is 9.59 Å². The summed E-state index contributed by atoms with van der Waals surface area (Å²) in [5, 5.41) is 2.73. The number of fused-ring (bicyclic) bond motifs is 1. The Hall–Kier alpha value is -3.11. The minimum atomic E-state index is -3.78. The number of carbonyl (C=O) groups is 2. The van der Waals surface area contributed by atoms with Crippen molar-refractivity contribution in [3.8, 4) is 11.5 Å². The van der Waals surface area contributed by atoms with Gasteiger partial charge < -0.3 is 19.7 Å². The van der Waals surface area contributed by atoms with Gasteiger partial charge in [-0.05, 0) is 49.6 Å². The maximum absolute atomic E-state index is 13.3. The molecule has 0 bridgehead atoms. The summed E-state index contributed by atoms with van der Waals surface area (Å²) < 4.78 is 38.8. The zero-order valence-corrected chi connectivity index (χ0v) is 20.4. The topological polar surface area (TPSA) is 105 Å². The van der Waals surface area contributed by atoms with Gasteiger partial charge in [0.25, 0.3) is 5.91 Å². The van der Waals surface area contributed by atoms with Gasteiger partial charge in [0.05, 0.1) is 17.7 Å². The smallest absolute Gasteiger partial charge is 0.265 e. The minimum absolute atomic E-state index is 0.0101. The molecule has 0 saturated carbocycles. The largest absolute Gasteiger partial charge is 0.497 e. The molecule has 4 rings (SSSR count). The summed E-state index contributed by atoms with van der Waals surface area (Å²) in [5.74, 6) is 0.849. The van der Waals surface area contributed by atoms with E-state index in [1.165, 1.54) is 10.4 Å². The zero-order valence-electron chi connectivity index (χ0n) is 19.5. The van der Waals surface area contributed by atoms with Gasteiger partial charge in [-0.1, -0.05) is 12.1 Å². The van der Waals surface area contributed by atoms with Crippen molar-refractivity contribution in [1.82, 2.24) is 9.21 Å². The van der Waals surface area contributed by atoms with Crippen molar-refractivity contribution in [3.05, 3.63) is 47.5 Å². The van der Waals surface area contributed by atoms with E-state index in [9.17, 15) is 18.0 Å².